The molecule has 2 N–H and O–H groups in total. The van der Waals surface area contributed by atoms with Crippen LogP contribution in [0.1, 0.15) is 24.2 Å². The van der Waals surface area contributed by atoms with Gasteiger partial charge in [-0.1, -0.05) is 19.9 Å². The third-order valence-corrected chi connectivity index (χ3v) is 3.69. The predicted octanol–water partition coefficient (Wildman–Crippen LogP) is 3.47. The molecule has 0 heterocycles. The van der Waals surface area contributed by atoms with E-state index in [0.29, 0.717) is 23.8 Å². The molecule has 0 aliphatic heterocycles. The number of ether oxygens (including phenoxy) is 1. The summed E-state index contributed by atoms with van der Waals surface area (Å²) in [6.45, 7) is 4.99. The van der Waals surface area contributed by atoms with Crippen LogP contribution < -0.4 is 15.4 Å². The van der Waals surface area contributed by atoms with Crippen molar-refractivity contribution in [3.05, 3.63) is 54.1 Å². The van der Waals surface area contributed by atoms with Crippen molar-refractivity contribution in [2.45, 2.75) is 13.8 Å². The van der Waals surface area contributed by atoms with Crippen LogP contribution in [0.4, 0.5) is 11.4 Å². The molecule has 0 bridgehead atoms. The van der Waals surface area contributed by atoms with Crippen LogP contribution in [0, 0.1) is 5.92 Å². The molecule has 2 aromatic carbocycles. The Balaban J connectivity index is 1.86. The van der Waals surface area contributed by atoms with Gasteiger partial charge < -0.3 is 20.3 Å². The van der Waals surface area contributed by atoms with Crippen LogP contribution >= 0.6 is 0 Å². The zero-order valence-electron chi connectivity index (χ0n) is 16.3. The lowest BCUT2D eigenvalue weighted by atomic mass is 10.2. The standard InChI is InChI=1S/C21H27N3O3/c1-15(2)14-27-19-10-8-17(9-11-19)22-13-20(25)23-18-7-5-6-16(12-18)21(26)24(3)4/h5-12,15,22H,13-14H2,1-4H3,(H,23,25). The van der Waals surface area contributed by atoms with Gasteiger partial charge in [0.15, 0.2) is 0 Å². The van der Waals surface area contributed by atoms with E-state index in [4.69, 9.17) is 4.74 Å². The molecule has 0 saturated heterocycles. The lowest BCUT2D eigenvalue weighted by Gasteiger charge is -2.12. The van der Waals surface area contributed by atoms with E-state index in [0.717, 1.165) is 11.4 Å². The number of hydrogen-bond donors (Lipinski definition) is 2. The van der Waals surface area contributed by atoms with Crippen LogP contribution in [0.5, 0.6) is 5.75 Å². The first-order valence-electron chi connectivity index (χ1n) is 8.93. The summed E-state index contributed by atoms with van der Waals surface area (Å²) in [6, 6.07) is 14.4. The third kappa shape index (κ3) is 6.66. The Hall–Kier alpha value is -3.02. The van der Waals surface area contributed by atoms with Crippen LogP contribution in [0.15, 0.2) is 48.5 Å². The van der Waals surface area contributed by atoms with Crippen molar-refractivity contribution in [1.82, 2.24) is 4.90 Å². The summed E-state index contributed by atoms with van der Waals surface area (Å²) < 4.78 is 5.64. The van der Waals surface area contributed by atoms with Gasteiger partial charge in [0, 0.05) is 31.0 Å². The van der Waals surface area contributed by atoms with Crippen LogP contribution in [0.3, 0.4) is 0 Å². The Morgan fingerprint density at radius 2 is 1.74 bits per heavy atom. The lowest BCUT2D eigenvalue weighted by molar-refractivity contribution is -0.114. The Kier molecular flexibility index (Phi) is 7.23. The number of nitrogens with zero attached hydrogens (tertiary/aromatic N) is 1. The molecule has 6 heteroatoms. The average molecular weight is 369 g/mol. The van der Waals surface area contributed by atoms with Crippen LogP contribution in [0.25, 0.3) is 0 Å². The summed E-state index contributed by atoms with van der Waals surface area (Å²) >= 11 is 0. The van der Waals surface area contributed by atoms with Crippen LogP contribution in [-0.4, -0.2) is 44.0 Å². The molecule has 0 aliphatic rings. The van der Waals surface area contributed by atoms with E-state index >= 15 is 0 Å². The molecule has 0 radical (unpaired) electrons. The summed E-state index contributed by atoms with van der Waals surface area (Å²) in [5.41, 5.74) is 1.95. The molecule has 2 aromatic rings. The molecule has 2 rings (SSSR count). The Morgan fingerprint density at radius 1 is 1.04 bits per heavy atom. The fourth-order valence-electron chi connectivity index (χ4n) is 2.31. The highest BCUT2D eigenvalue weighted by atomic mass is 16.5. The second-order valence-corrected chi connectivity index (χ2v) is 6.91. The van der Waals surface area contributed by atoms with Crippen molar-refractivity contribution >= 4 is 23.2 Å². The number of amides is 2. The smallest absolute Gasteiger partial charge is 0.253 e. The van der Waals surface area contributed by atoms with Crippen molar-refractivity contribution in [1.29, 1.82) is 0 Å². The Labute approximate surface area is 160 Å². The fraction of sp³-hybridized carbons (Fsp3) is 0.333. The number of anilines is 2. The van der Waals surface area contributed by atoms with E-state index in [1.165, 1.54) is 4.90 Å². The van der Waals surface area contributed by atoms with Gasteiger partial charge in [0.25, 0.3) is 5.91 Å². The van der Waals surface area contributed by atoms with E-state index in [9.17, 15) is 9.59 Å². The molecule has 144 valence electrons. The second kappa shape index (κ2) is 9.62. The minimum absolute atomic E-state index is 0.107. The van der Waals surface area contributed by atoms with Gasteiger partial charge in [-0.3, -0.25) is 9.59 Å². The van der Waals surface area contributed by atoms with E-state index in [1.54, 1.807) is 38.4 Å². The largest absolute Gasteiger partial charge is 0.493 e. The van der Waals surface area contributed by atoms with Gasteiger partial charge >= 0.3 is 0 Å². The molecule has 0 spiro atoms. The fourth-order valence-corrected chi connectivity index (χ4v) is 2.31. The van der Waals surface area contributed by atoms with Crippen LogP contribution in [0.2, 0.25) is 0 Å². The Morgan fingerprint density at radius 3 is 2.37 bits per heavy atom. The van der Waals surface area contributed by atoms with Gasteiger partial charge in [0.05, 0.1) is 13.2 Å². The number of carbonyl (C=O) groups excluding carboxylic acids is 2. The highest BCUT2D eigenvalue weighted by Crippen LogP contribution is 2.16. The van der Waals surface area contributed by atoms with Crippen molar-refractivity contribution in [2.75, 3.05) is 37.9 Å². The molecular weight excluding hydrogens is 342 g/mol. The lowest BCUT2D eigenvalue weighted by Crippen LogP contribution is -2.23. The second-order valence-electron chi connectivity index (χ2n) is 6.91. The van der Waals surface area contributed by atoms with Gasteiger partial charge in [0.2, 0.25) is 5.91 Å². The minimum atomic E-state index is -0.190. The number of rotatable bonds is 8. The van der Waals surface area contributed by atoms with E-state index in [1.807, 2.05) is 24.3 Å². The number of nitrogens with one attached hydrogen (secondary N) is 2. The molecule has 0 saturated carbocycles. The van der Waals surface area contributed by atoms with Gasteiger partial charge in [-0.2, -0.15) is 0 Å². The van der Waals surface area contributed by atoms with E-state index < -0.39 is 0 Å². The van der Waals surface area contributed by atoms with Gasteiger partial charge in [0.1, 0.15) is 5.75 Å². The summed E-state index contributed by atoms with van der Waals surface area (Å²) in [5, 5.41) is 5.86. The summed E-state index contributed by atoms with van der Waals surface area (Å²) in [4.78, 5) is 25.6. The topological polar surface area (TPSA) is 70.7 Å². The highest BCUT2D eigenvalue weighted by molar-refractivity contribution is 5.97. The average Bonchev–Trinajstić information content (AvgIpc) is 2.65. The summed E-state index contributed by atoms with van der Waals surface area (Å²) in [6.07, 6.45) is 0. The van der Waals surface area contributed by atoms with Crippen molar-refractivity contribution in [3.63, 3.8) is 0 Å². The molecular formula is C21H27N3O3. The molecule has 0 aromatic heterocycles. The maximum Gasteiger partial charge on any atom is 0.253 e. The predicted molar refractivity (Wildman–Crippen MR) is 108 cm³/mol. The van der Waals surface area contributed by atoms with Crippen LogP contribution in [-0.2, 0) is 4.79 Å². The molecule has 6 nitrogen and oxygen atoms in total. The first kappa shape index (κ1) is 20.3. The summed E-state index contributed by atoms with van der Waals surface area (Å²) in [7, 11) is 3.38. The van der Waals surface area contributed by atoms with Crippen molar-refractivity contribution in [2.24, 2.45) is 5.92 Å². The molecule has 0 atom stereocenters. The van der Waals surface area contributed by atoms with Gasteiger partial charge in [-0.15, -0.1) is 0 Å². The monoisotopic (exact) mass is 369 g/mol. The van der Waals surface area contributed by atoms with E-state index in [-0.39, 0.29) is 18.4 Å². The SMILES string of the molecule is CC(C)COc1ccc(NCC(=O)Nc2cccc(C(=O)N(C)C)c2)cc1. The number of hydrogen-bond acceptors (Lipinski definition) is 4. The highest BCUT2D eigenvalue weighted by Gasteiger charge is 2.09. The summed E-state index contributed by atoms with van der Waals surface area (Å²) in [5.74, 6) is 0.979. The quantitative estimate of drug-likeness (QED) is 0.747. The zero-order valence-corrected chi connectivity index (χ0v) is 16.3. The Bertz CT molecular complexity index is 770. The molecule has 2 amide bonds. The first-order valence-corrected chi connectivity index (χ1v) is 8.93. The normalized spacial score (nSPS) is 10.4. The van der Waals surface area contributed by atoms with E-state index in [2.05, 4.69) is 24.5 Å². The third-order valence-electron chi connectivity index (χ3n) is 3.69. The zero-order chi connectivity index (χ0) is 19.8. The van der Waals surface area contributed by atoms with Crippen molar-refractivity contribution < 1.29 is 14.3 Å². The first-order chi connectivity index (χ1) is 12.8. The maximum atomic E-state index is 12.2. The van der Waals surface area contributed by atoms with Gasteiger partial charge in [-0.25, -0.2) is 0 Å². The molecule has 0 unspecified atom stereocenters. The molecule has 0 aliphatic carbocycles. The molecule has 0 fully saturated rings. The van der Waals surface area contributed by atoms with Crippen molar-refractivity contribution in [3.8, 4) is 5.75 Å². The minimum Gasteiger partial charge on any atom is -0.493 e. The number of benzene rings is 2. The molecule has 27 heavy (non-hydrogen) atoms. The van der Waals surface area contributed by atoms with Gasteiger partial charge in [-0.05, 0) is 48.4 Å². The number of carbonyl (C=O) groups is 2. The maximum absolute atomic E-state index is 12.2.